The minimum absolute atomic E-state index is 0. The Morgan fingerprint density at radius 2 is 2.00 bits per heavy atom. The molecular weight excluding hydrogens is 540 g/mol. The summed E-state index contributed by atoms with van der Waals surface area (Å²) in [4.78, 5) is 11.0. The third-order valence-corrected chi connectivity index (χ3v) is 6.10. The van der Waals surface area contributed by atoms with Gasteiger partial charge in [-0.05, 0) is 66.2 Å². The third-order valence-electron chi connectivity index (χ3n) is 5.17. The van der Waals surface area contributed by atoms with E-state index in [1.165, 1.54) is 17.1 Å². The summed E-state index contributed by atoms with van der Waals surface area (Å²) in [6.45, 7) is 2.68. The summed E-state index contributed by atoms with van der Waals surface area (Å²) < 4.78 is 18.8. The lowest BCUT2D eigenvalue weighted by Crippen LogP contribution is -2.48. The van der Waals surface area contributed by atoms with Gasteiger partial charge in [0.15, 0.2) is 5.96 Å². The average Bonchev–Trinajstić information content (AvgIpc) is 3.34. The molecule has 1 fully saturated rings. The highest BCUT2D eigenvalue weighted by atomic mass is 127. The number of benzene rings is 1. The first-order valence-electron chi connectivity index (χ1n) is 10.3. The molecule has 4 rings (SSSR count). The van der Waals surface area contributed by atoms with Gasteiger partial charge >= 0.3 is 0 Å². The van der Waals surface area contributed by atoms with Crippen LogP contribution in [0.4, 0.5) is 9.39 Å². The molecule has 6 nitrogen and oxygen atoms in total. The SMILES string of the molecule is CN=C(NCc1ccnc(Oc2ccc(F)cc2)c1)NC1CCN(c2cccs2)CC1.I. The molecule has 0 amide bonds. The molecule has 3 heterocycles. The Morgan fingerprint density at radius 1 is 1.22 bits per heavy atom. The van der Waals surface area contributed by atoms with Crippen LogP contribution < -0.4 is 20.3 Å². The lowest BCUT2D eigenvalue weighted by atomic mass is 10.1. The number of aliphatic imine (C=N–C) groups is 1. The van der Waals surface area contributed by atoms with Crippen molar-refractivity contribution >= 4 is 46.3 Å². The topological polar surface area (TPSA) is 61.8 Å². The van der Waals surface area contributed by atoms with Crippen LogP contribution in [0.15, 0.2) is 65.1 Å². The molecule has 0 saturated carbocycles. The quantitative estimate of drug-likeness (QED) is 0.249. The van der Waals surface area contributed by atoms with Gasteiger partial charge in [0.2, 0.25) is 5.88 Å². The van der Waals surface area contributed by atoms with Crippen molar-refractivity contribution in [2.75, 3.05) is 25.0 Å². The van der Waals surface area contributed by atoms with Crippen LogP contribution in [0, 0.1) is 5.82 Å². The number of rotatable bonds is 6. The number of aromatic nitrogens is 1. The number of nitrogens with zero attached hydrogens (tertiary/aromatic N) is 3. The molecule has 1 aromatic carbocycles. The number of hydrogen-bond acceptors (Lipinski definition) is 5. The fraction of sp³-hybridized carbons (Fsp3) is 0.304. The molecule has 1 aliphatic rings. The van der Waals surface area contributed by atoms with E-state index in [1.807, 2.05) is 12.1 Å². The first kappa shape index (κ1) is 24.2. The Hall–Kier alpha value is -2.40. The number of piperidine rings is 1. The van der Waals surface area contributed by atoms with Crippen molar-refractivity contribution in [3.63, 3.8) is 0 Å². The number of anilines is 1. The molecule has 0 spiro atoms. The predicted molar refractivity (Wildman–Crippen MR) is 139 cm³/mol. The molecule has 170 valence electrons. The highest BCUT2D eigenvalue weighted by Crippen LogP contribution is 2.25. The van der Waals surface area contributed by atoms with Crippen LogP contribution in [-0.4, -0.2) is 37.1 Å². The number of ether oxygens (including phenoxy) is 1. The van der Waals surface area contributed by atoms with Crippen LogP contribution in [0.2, 0.25) is 0 Å². The normalized spacial score (nSPS) is 14.6. The standard InChI is InChI=1S/C23H26FN5OS.HI/c1-25-23(28-19-9-12-29(13-10-19)22-3-2-14-31-22)27-16-17-8-11-26-21(15-17)30-20-6-4-18(24)5-7-20;/h2-8,11,14-15,19H,9-10,12-13,16H2,1H3,(H2,25,27,28);1H. The molecule has 0 aliphatic carbocycles. The van der Waals surface area contributed by atoms with Crippen LogP contribution >= 0.6 is 35.3 Å². The van der Waals surface area contributed by atoms with Gasteiger partial charge in [0.05, 0.1) is 5.00 Å². The summed E-state index contributed by atoms with van der Waals surface area (Å²) in [5, 5.41) is 10.4. The van der Waals surface area contributed by atoms with Crippen molar-refractivity contribution in [1.29, 1.82) is 0 Å². The first-order chi connectivity index (χ1) is 15.2. The van der Waals surface area contributed by atoms with Gasteiger partial charge in [-0.15, -0.1) is 35.3 Å². The van der Waals surface area contributed by atoms with Crippen molar-refractivity contribution in [2.24, 2.45) is 4.99 Å². The number of nitrogens with one attached hydrogen (secondary N) is 2. The molecule has 0 radical (unpaired) electrons. The monoisotopic (exact) mass is 567 g/mol. The minimum atomic E-state index is -0.297. The lowest BCUT2D eigenvalue weighted by Gasteiger charge is -2.33. The van der Waals surface area contributed by atoms with E-state index in [1.54, 1.807) is 36.7 Å². The highest BCUT2D eigenvalue weighted by Gasteiger charge is 2.20. The Kier molecular flexibility index (Phi) is 9.10. The Labute approximate surface area is 208 Å². The van der Waals surface area contributed by atoms with Crippen molar-refractivity contribution in [3.8, 4) is 11.6 Å². The van der Waals surface area contributed by atoms with Crippen LogP contribution in [-0.2, 0) is 6.54 Å². The van der Waals surface area contributed by atoms with Gasteiger partial charge in [-0.25, -0.2) is 9.37 Å². The summed E-state index contributed by atoms with van der Waals surface area (Å²) >= 11 is 1.79. The van der Waals surface area contributed by atoms with Gasteiger partial charge in [0.25, 0.3) is 0 Å². The first-order valence-corrected chi connectivity index (χ1v) is 11.2. The maximum Gasteiger partial charge on any atom is 0.219 e. The summed E-state index contributed by atoms with van der Waals surface area (Å²) in [6.07, 6.45) is 3.85. The van der Waals surface area contributed by atoms with E-state index in [0.29, 0.717) is 24.2 Å². The van der Waals surface area contributed by atoms with Gasteiger partial charge in [-0.3, -0.25) is 4.99 Å². The fourth-order valence-electron chi connectivity index (χ4n) is 3.51. The zero-order valence-electron chi connectivity index (χ0n) is 17.8. The molecule has 1 aliphatic heterocycles. The second kappa shape index (κ2) is 12.0. The van der Waals surface area contributed by atoms with E-state index in [0.717, 1.165) is 37.5 Å². The van der Waals surface area contributed by atoms with Crippen molar-refractivity contribution in [2.45, 2.75) is 25.4 Å². The molecule has 3 aromatic rings. The molecule has 0 bridgehead atoms. The van der Waals surface area contributed by atoms with E-state index in [-0.39, 0.29) is 29.8 Å². The second-order valence-corrected chi connectivity index (χ2v) is 8.27. The summed E-state index contributed by atoms with van der Waals surface area (Å²) in [7, 11) is 1.78. The molecule has 2 aromatic heterocycles. The largest absolute Gasteiger partial charge is 0.439 e. The number of thiophene rings is 1. The lowest BCUT2D eigenvalue weighted by molar-refractivity contribution is 0.459. The molecule has 1 saturated heterocycles. The molecule has 0 unspecified atom stereocenters. The predicted octanol–water partition coefficient (Wildman–Crippen LogP) is 5.03. The van der Waals surface area contributed by atoms with E-state index < -0.39 is 0 Å². The van der Waals surface area contributed by atoms with Crippen LogP contribution in [0.5, 0.6) is 11.6 Å². The Bertz CT molecular complexity index is 992. The van der Waals surface area contributed by atoms with Gasteiger partial charge < -0.3 is 20.3 Å². The third kappa shape index (κ3) is 6.80. The van der Waals surface area contributed by atoms with Gasteiger partial charge in [-0.2, -0.15) is 0 Å². The van der Waals surface area contributed by atoms with Gasteiger partial charge in [0, 0.05) is 45.0 Å². The highest BCUT2D eigenvalue weighted by molar-refractivity contribution is 14.0. The molecule has 9 heteroatoms. The maximum absolute atomic E-state index is 13.1. The summed E-state index contributed by atoms with van der Waals surface area (Å²) in [5.41, 5.74) is 1.02. The molecule has 32 heavy (non-hydrogen) atoms. The van der Waals surface area contributed by atoms with Crippen molar-refractivity contribution < 1.29 is 9.13 Å². The number of pyridine rings is 1. The van der Waals surface area contributed by atoms with E-state index >= 15 is 0 Å². The zero-order chi connectivity index (χ0) is 21.5. The van der Waals surface area contributed by atoms with Crippen LogP contribution in [0.3, 0.4) is 0 Å². The van der Waals surface area contributed by atoms with Crippen LogP contribution in [0.25, 0.3) is 0 Å². The summed E-state index contributed by atoms with van der Waals surface area (Å²) in [5.74, 6) is 1.50. The second-order valence-electron chi connectivity index (χ2n) is 7.34. The smallest absolute Gasteiger partial charge is 0.219 e. The van der Waals surface area contributed by atoms with E-state index in [2.05, 4.69) is 43.0 Å². The zero-order valence-corrected chi connectivity index (χ0v) is 21.0. The fourth-order valence-corrected chi connectivity index (χ4v) is 4.29. The summed E-state index contributed by atoms with van der Waals surface area (Å²) in [6, 6.07) is 14.4. The van der Waals surface area contributed by atoms with Gasteiger partial charge in [-0.1, -0.05) is 0 Å². The van der Waals surface area contributed by atoms with Crippen molar-refractivity contribution in [3.05, 3.63) is 71.5 Å². The average molecular weight is 567 g/mol. The molecule has 0 atom stereocenters. The van der Waals surface area contributed by atoms with Gasteiger partial charge in [0.1, 0.15) is 11.6 Å². The van der Waals surface area contributed by atoms with E-state index in [4.69, 9.17) is 4.74 Å². The van der Waals surface area contributed by atoms with Crippen molar-refractivity contribution in [1.82, 2.24) is 15.6 Å². The Balaban J connectivity index is 0.00000289. The Morgan fingerprint density at radius 3 is 2.69 bits per heavy atom. The number of halogens is 2. The van der Waals surface area contributed by atoms with E-state index in [9.17, 15) is 4.39 Å². The molecular formula is C23H27FIN5OS. The maximum atomic E-state index is 13.1. The minimum Gasteiger partial charge on any atom is -0.439 e. The molecule has 2 N–H and O–H groups in total. The van der Waals surface area contributed by atoms with Crippen LogP contribution in [0.1, 0.15) is 18.4 Å². The number of hydrogen-bond donors (Lipinski definition) is 2. The number of guanidine groups is 1.